The lowest BCUT2D eigenvalue weighted by molar-refractivity contribution is -0.138. The first-order chi connectivity index (χ1) is 11.4. The van der Waals surface area contributed by atoms with Crippen LogP contribution < -0.4 is 5.73 Å². The molecule has 1 unspecified atom stereocenters. The van der Waals surface area contributed by atoms with Crippen molar-refractivity contribution >= 4 is 17.9 Å². The molecule has 2 N–H and O–H groups in total. The second kappa shape index (κ2) is 4.47. The van der Waals surface area contributed by atoms with E-state index >= 15 is 0 Å². The Kier molecular flexibility index (Phi) is 2.70. The van der Waals surface area contributed by atoms with Crippen LogP contribution in [0.15, 0.2) is 40.0 Å². The van der Waals surface area contributed by atoms with E-state index in [2.05, 4.69) is 4.98 Å². The summed E-state index contributed by atoms with van der Waals surface area (Å²) in [5.74, 6) is -0.435. The fraction of sp³-hybridized carbons (Fsp3) is 0.235. The third kappa shape index (κ3) is 1.40. The van der Waals surface area contributed by atoms with Crippen molar-refractivity contribution in [3.05, 3.63) is 46.8 Å². The number of allylic oxidation sites excluding steroid dienone is 1. The monoisotopic (exact) mass is 325 g/mol. The number of oxazole rings is 1. The third-order valence-corrected chi connectivity index (χ3v) is 4.83. The zero-order chi connectivity index (χ0) is 17.2. The van der Waals surface area contributed by atoms with Gasteiger partial charge < -0.3 is 19.8 Å². The molecule has 1 aliphatic carbocycles. The highest BCUT2D eigenvalue weighted by atomic mass is 16.5. The van der Waals surface area contributed by atoms with Crippen LogP contribution in [0.1, 0.15) is 18.2 Å². The number of hydrogen-bond donors (Lipinski definition) is 1. The van der Waals surface area contributed by atoms with Crippen LogP contribution in [-0.2, 0) is 19.7 Å². The SMILES string of the molecule is COC(=O)C1=C(C)N(C)C(=O)C12c1ccccc1-c1oc(N)nc12. The maximum Gasteiger partial charge on any atom is 0.337 e. The molecule has 122 valence electrons. The van der Waals surface area contributed by atoms with Crippen molar-refractivity contribution in [2.24, 2.45) is 0 Å². The summed E-state index contributed by atoms with van der Waals surface area (Å²) in [5.41, 5.74) is 6.83. The van der Waals surface area contributed by atoms with Crippen molar-refractivity contribution in [2.45, 2.75) is 12.3 Å². The lowest BCUT2D eigenvalue weighted by atomic mass is 9.74. The summed E-state index contributed by atoms with van der Waals surface area (Å²) in [6.07, 6.45) is 0. The van der Waals surface area contributed by atoms with E-state index in [1.165, 1.54) is 12.0 Å². The second-order valence-electron chi connectivity index (χ2n) is 5.84. The van der Waals surface area contributed by atoms with Crippen LogP contribution in [0.5, 0.6) is 0 Å². The molecule has 2 aliphatic rings. The maximum atomic E-state index is 13.3. The number of rotatable bonds is 1. The number of methoxy groups -OCH3 is 1. The summed E-state index contributed by atoms with van der Waals surface area (Å²) < 4.78 is 10.5. The quantitative estimate of drug-likeness (QED) is 0.797. The average molecular weight is 325 g/mol. The number of aromatic nitrogens is 1. The number of hydrogen-bond acceptors (Lipinski definition) is 6. The summed E-state index contributed by atoms with van der Waals surface area (Å²) >= 11 is 0. The first-order valence-corrected chi connectivity index (χ1v) is 7.39. The number of carbonyl (C=O) groups excluding carboxylic acids is 2. The van der Waals surface area contributed by atoms with Crippen LogP contribution in [0.3, 0.4) is 0 Å². The Hall–Kier alpha value is -3.09. The van der Waals surface area contributed by atoms with Crippen molar-refractivity contribution in [1.29, 1.82) is 0 Å². The largest absolute Gasteiger partial charge is 0.466 e. The van der Waals surface area contributed by atoms with E-state index < -0.39 is 11.4 Å². The first kappa shape index (κ1) is 14.5. The molecule has 1 aromatic heterocycles. The molecule has 2 aromatic rings. The standard InChI is InChI=1S/C17H15N3O4/c1-8-11(14(21)23-3)17(15(22)20(8)2)10-7-5-4-6-9(10)12-13(17)19-16(18)24-12/h4-7H,1-3H3,(H2,18,19). The third-order valence-electron chi connectivity index (χ3n) is 4.83. The van der Waals surface area contributed by atoms with Crippen molar-refractivity contribution < 1.29 is 18.7 Å². The molecule has 0 saturated heterocycles. The minimum Gasteiger partial charge on any atom is -0.466 e. The van der Waals surface area contributed by atoms with Crippen LogP contribution in [0.4, 0.5) is 6.01 Å². The van der Waals surface area contributed by atoms with Gasteiger partial charge in [-0.05, 0) is 12.5 Å². The molecule has 0 fully saturated rings. The highest BCUT2D eigenvalue weighted by Gasteiger charge is 2.62. The van der Waals surface area contributed by atoms with Gasteiger partial charge in [0.2, 0.25) is 5.91 Å². The van der Waals surface area contributed by atoms with Crippen LogP contribution in [0.2, 0.25) is 0 Å². The van der Waals surface area contributed by atoms with Gasteiger partial charge in [0.15, 0.2) is 11.2 Å². The Balaban J connectivity index is 2.16. The molecule has 0 radical (unpaired) electrons. The van der Waals surface area contributed by atoms with Crippen LogP contribution in [-0.4, -0.2) is 35.9 Å². The molecule has 24 heavy (non-hydrogen) atoms. The van der Waals surface area contributed by atoms with Crippen molar-refractivity contribution in [3.8, 4) is 11.3 Å². The fourth-order valence-corrected chi connectivity index (χ4v) is 3.73. The second-order valence-corrected chi connectivity index (χ2v) is 5.84. The van der Waals surface area contributed by atoms with Gasteiger partial charge in [0, 0.05) is 18.3 Å². The van der Waals surface area contributed by atoms with Crippen molar-refractivity contribution in [1.82, 2.24) is 9.88 Å². The smallest absolute Gasteiger partial charge is 0.337 e. The lowest BCUT2D eigenvalue weighted by Gasteiger charge is -2.25. The van der Waals surface area contributed by atoms with Gasteiger partial charge in [0.1, 0.15) is 5.69 Å². The molecule has 1 atom stereocenters. The summed E-state index contributed by atoms with van der Waals surface area (Å²) in [6, 6.07) is 7.22. The highest BCUT2D eigenvalue weighted by Crippen LogP contribution is 2.57. The van der Waals surface area contributed by atoms with E-state index in [-0.39, 0.29) is 17.5 Å². The number of likely N-dealkylation sites (N-methyl/N-ethyl adjacent to an activating group) is 1. The van der Waals surface area contributed by atoms with E-state index in [0.29, 0.717) is 28.3 Å². The number of benzene rings is 1. The number of amides is 1. The number of anilines is 1. The Bertz CT molecular complexity index is 943. The van der Waals surface area contributed by atoms with Gasteiger partial charge in [-0.3, -0.25) is 4.79 Å². The first-order valence-electron chi connectivity index (χ1n) is 7.39. The molecule has 1 aromatic carbocycles. The number of fused-ring (bicyclic) bond motifs is 5. The topological polar surface area (TPSA) is 98.7 Å². The van der Waals surface area contributed by atoms with Gasteiger partial charge in [0.25, 0.3) is 6.01 Å². The fourth-order valence-electron chi connectivity index (χ4n) is 3.73. The summed E-state index contributed by atoms with van der Waals surface area (Å²) in [7, 11) is 2.91. The van der Waals surface area contributed by atoms with Gasteiger partial charge in [-0.1, -0.05) is 24.3 Å². The van der Waals surface area contributed by atoms with E-state index in [1.807, 2.05) is 18.2 Å². The molecular weight excluding hydrogens is 310 g/mol. The molecular formula is C17H15N3O4. The van der Waals surface area contributed by atoms with Crippen LogP contribution >= 0.6 is 0 Å². The number of ether oxygens (including phenoxy) is 1. The van der Waals surface area contributed by atoms with Gasteiger partial charge in [-0.2, -0.15) is 4.98 Å². The van der Waals surface area contributed by atoms with E-state index in [9.17, 15) is 9.59 Å². The zero-order valence-electron chi connectivity index (χ0n) is 13.4. The lowest BCUT2D eigenvalue weighted by Crippen LogP contribution is -2.41. The maximum absolute atomic E-state index is 13.3. The summed E-state index contributed by atoms with van der Waals surface area (Å²) in [5, 5.41) is 0. The molecule has 0 bridgehead atoms. The predicted octanol–water partition coefficient (Wildman–Crippen LogP) is 1.44. The number of carbonyl (C=O) groups is 2. The van der Waals surface area contributed by atoms with Crippen molar-refractivity contribution in [2.75, 3.05) is 19.9 Å². The highest BCUT2D eigenvalue weighted by molar-refractivity contribution is 6.14. The van der Waals surface area contributed by atoms with Gasteiger partial charge in [0.05, 0.1) is 12.7 Å². The Morgan fingerprint density at radius 1 is 1.38 bits per heavy atom. The van der Waals surface area contributed by atoms with Gasteiger partial charge in [-0.25, -0.2) is 4.79 Å². The van der Waals surface area contributed by atoms with E-state index in [0.717, 1.165) is 0 Å². The molecule has 7 nitrogen and oxygen atoms in total. The van der Waals surface area contributed by atoms with E-state index in [1.54, 1.807) is 20.0 Å². The molecule has 1 spiro atoms. The summed E-state index contributed by atoms with van der Waals surface area (Å²) in [6.45, 7) is 1.71. The number of nitrogens with zero attached hydrogens (tertiary/aromatic N) is 2. The molecule has 4 rings (SSSR count). The molecule has 2 heterocycles. The average Bonchev–Trinajstić information content (AvgIpc) is 3.15. The minimum absolute atomic E-state index is 0.0434. The van der Waals surface area contributed by atoms with Gasteiger partial charge in [-0.15, -0.1) is 0 Å². The Labute approximate surface area is 137 Å². The van der Waals surface area contributed by atoms with Gasteiger partial charge >= 0.3 is 5.97 Å². The van der Waals surface area contributed by atoms with Crippen LogP contribution in [0.25, 0.3) is 11.3 Å². The minimum atomic E-state index is -1.38. The van der Waals surface area contributed by atoms with Crippen molar-refractivity contribution in [3.63, 3.8) is 0 Å². The molecule has 1 amide bonds. The van der Waals surface area contributed by atoms with E-state index in [4.69, 9.17) is 14.9 Å². The zero-order valence-corrected chi connectivity index (χ0v) is 13.4. The Morgan fingerprint density at radius 2 is 2.08 bits per heavy atom. The molecule has 7 heteroatoms. The normalized spacial score (nSPS) is 21.5. The Morgan fingerprint density at radius 3 is 2.79 bits per heavy atom. The number of nitrogens with two attached hydrogens (primary N) is 1. The predicted molar refractivity (Wildman–Crippen MR) is 84.6 cm³/mol. The summed E-state index contributed by atoms with van der Waals surface area (Å²) in [4.78, 5) is 31.5. The number of nitrogen functional groups attached to an aromatic ring is 1. The molecule has 0 saturated carbocycles. The molecule has 1 aliphatic heterocycles. The van der Waals surface area contributed by atoms with Crippen LogP contribution in [0, 0.1) is 0 Å². The number of esters is 1.